The molecule has 0 saturated heterocycles. The van der Waals surface area contributed by atoms with Crippen LogP contribution in [0.3, 0.4) is 0 Å². The SMILES string of the molecule is C[C@@H](NC(=O)CCC1CCCCC1)[C@H]1C[C@@H]2CC[C@@H]1C2. The molecule has 3 aliphatic rings. The lowest BCUT2D eigenvalue weighted by Gasteiger charge is -2.29. The maximum Gasteiger partial charge on any atom is 0.220 e. The summed E-state index contributed by atoms with van der Waals surface area (Å²) in [5.74, 6) is 3.80. The van der Waals surface area contributed by atoms with E-state index in [1.165, 1.54) is 57.8 Å². The Morgan fingerprint density at radius 3 is 2.55 bits per heavy atom. The maximum atomic E-state index is 12.1. The molecule has 0 aromatic rings. The Bertz CT molecular complexity index is 334. The Hall–Kier alpha value is -0.530. The van der Waals surface area contributed by atoms with Gasteiger partial charge < -0.3 is 5.32 Å². The molecule has 2 bridgehead atoms. The number of hydrogen-bond acceptors (Lipinski definition) is 1. The van der Waals surface area contributed by atoms with E-state index in [2.05, 4.69) is 12.2 Å². The molecule has 0 aliphatic heterocycles. The second-order valence-corrected chi connectivity index (χ2v) is 7.74. The normalized spacial score (nSPS) is 35.1. The van der Waals surface area contributed by atoms with Gasteiger partial charge in [-0.2, -0.15) is 0 Å². The number of rotatable bonds is 5. The third-order valence-electron chi connectivity index (χ3n) is 6.33. The van der Waals surface area contributed by atoms with Crippen LogP contribution in [0, 0.1) is 23.7 Å². The van der Waals surface area contributed by atoms with Gasteiger partial charge in [-0.3, -0.25) is 4.79 Å². The molecule has 2 heteroatoms. The van der Waals surface area contributed by atoms with E-state index in [0.717, 1.165) is 36.5 Å². The third-order valence-corrected chi connectivity index (χ3v) is 6.33. The molecule has 2 nitrogen and oxygen atoms in total. The zero-order valence-corrected chi connectivity index (χ0v) is 13.1. The van der Waals surface area contributed by atoms with Gasteiger partial charge >= 0.3 is 0 Å². The van der Waals surface area contributed by atoms with Crippen LogP contribution in [0.5, 0.6) is 0 Å². The molecule has 0 heterocycles. The second kappa shape index (κ2) is 6.49. The summed E-state index contributed by atoms with van der Waals surface area (Å²) in [5, 5.41) is 3.31. The molecule has 4 atom stereocenters. The summed E-state index contributed by atoms with van der Waals surface area (Å²) in [6, 6.07) is 0.407. The van der Waals surface area contributed by atoms with Crippen molar-refractivity contribution in [2.24, 2.45) is 23.7 Å². The summed E-state index contributed by atoms with van der Waals surface area (Å²) in [6.07, 6.45) is 14.4. The topological polar surface area (TPSA) is 29.1 Å². The zero-order valence-electron chi connectivity index (χ0n) is 13.1. The Balaban J connectivity index is 1.37. The quantitative estimate of drug-likeness (QED) is 0.798. The fraction of sp³-hybridized carbons (Fsp3) is 0.944. The van der Waals surface area contributed by atoms with Crippen molar-refractivity contribution >= 4 is 5.91 Å². The Morgan fingerprint density at radius 2 is 1.90 bits per heavy atom. The van der Waals surface area contributed by atoms with Crippen molar-refractivity contribution in [3.05, 3.63) is 0 Å². The summed E-state index contributed by atoms with van der Waals surface area (Å²) in [4.78, 5) is 12.1. The van der Waals surface area contributed by atoms with Crippen LogP contribution >= 0.6 is 0 Å². The minimum absolute atomic E-state index is 0.311. The first-order chi connectivity index (χ1) is 9.72. The fourth-order valence-corrected chi connectivity index (χ4v) is 5.15. The van der Waals surface area contributed by atoms with E-state index in [0.29, 0.717) is 11.9 Å². The van der Waals surface area contributed by atoms with Gasteiger partial charge in [-0.15, -0.1) is 0 Å². The van der Waals surface area contributed by atoms with Crippen molar-refractivity contribution in [2.75, 3.05) is 0 Å². The number of fused-ring (bicyclic) bond motifs is 2. The molecule has 0 aromatic heterocycles. The first kappa shape index (κ1) is 14.4. The largest absolute Gasteiger partial charge is 0.353 e. The zero-order chi connectivity index (χ0) is 13.9. The molecule has 3 rings (SSSR count). The monoisotopic (exact) mass is 277 g/mol. The van der Waals surface area contributed by atoms with E-state index in [9.17, 15) is 4.79 Å². The summed E-state index contributed by atoms with van der Waals surface area (Å²) in [7, 11) is 0. The molecule has 114 valence electrons. The lowest BCUT2D eigenvalue weighted by atomic mass is 9.83. The molecular formula is C18H31NO. The predicted molar refractivity (Wildman–Crippen MR) is 82.4 cm³/mol. The van der Waals surface area contributed by atoms with Crippen molar-refractivity contribution in [3.8, 4) is 0 Å². The molecule has 20 heavy (non-hydrogen) atoms. The second-order valence-electron chi connectivity index (χ2n) is 7.74. The summed E-state index contributed by atoms with van der Waals surface area (Å²) < 4.78 is 0. The molecular weight excluding hydrogens is 246 g/mol. The van der Waals surface area contributed by atoms with Gasteiger partial charge in [0.25, 0.3) is 0 Å². The van der Waals surface area contributed by atoms with Gasteiger partial charge in [0, 0.05) is 12.5 Å². The Morgan fingerprint density at radius 1 is 1.10 bits per heavy atom. The third kappa shape index (κ3) is 3.38. The number of carbonyl (C=O) groups excluding carboxylic acids is 1. The first-order valence-corrected chi connectivity index (χ1v) is 9.01. The molecule has 3 saturated carbocycles. The number of carbonyl (C=O) groups is 1. The van der Waals surface area contributed by atoms with E-state index >= 15 is 0 Å². The molecule has 3 fully saturated rings. The van der Waals surface area contributed by atoms with E-state index in [1.54, 1.807) is 0 Å². The fourth-order valence-electron chi connectivity index (χ4n) is 5.15. The summed E-state index contributed by atoms with van der Waals surface area (Å²) in [5.41, 5.74) is 0. The van der Waals surface area contributed by atoms with Crippen molar-refractivity contribution < 1.29 is 4.79 Å². The van der Waals surface area contributed by atoms with Gasteiger partial charge in [-0.25, -0.2) is 0 Å². The average Bonchev–Trinajstić information content (AvgIpc) is 3.09. The van der Waals surface area contributed by atoms with Gasteiger partial charge in [-0.05, 0) is 56.3 Å². The highest BCUT2D eigenvalue weighted by molar-refractivity contribution is 5.76. The van der Waals surface area contributed by atoms with Crippen LogP contribution < -0.4 is 5.32 Å². The van der Waals surface area contributed by atoms with Crippen molar-refractivity contribution in [2.45, 2.75) is 83.6 Å². The van der Waals surface area contributed by atoms with Gasteiger partial charge in [0.05, 0.1) is 0 Å². The molecule has 1 N–H and O–H groups in total. The summed E-state index contributed by atoms with van der Waals surface area (Å²) >= 11 is 0. The van der Waals surface area contributed by atoms with Crippen molar-refractivity contribution in [1.82, 2.24) is 5.32 Å². The van der Waals surface area contributed by atoms with E-state index in [1.807, 2.05) is 0 Å². The molecule has 0 radical (unpaired) electrons. The van der Waals surface area contributed by atoms with Crippen LogP contribution in [0.4, 0.5) is 0 Å². The smallest absolute Gasteiger partial charge is 0.220 e. The van der Waals surface area contributed by atoms with Crippen LogP contribution in [0.25, 0.3) is 0 Å². The van der Waals surface area contributed by atoms with Crippen molar-refractivity contribution in [3.63, 3.8) is 0 Å². The molecule has 0 unspecified atom stereocenters. The van der Waals surface area contributed by atoms with Crippen LogP contribution in [0.2, 0.25) is 0 Å². The first-order valence-electron chi connectivity index (χ1n) is 9.01. The highest BCUT2D eigenvalue weighted by Gasteiger charge is 2.42. The van der Waals surface area contributed by atoms with Crippen LogP contribution in [0.1, 0.15) is 77.6 Å². The highest BCUT2D eigenvalue weighted by Crippen LogP contribution is 2.49. The van der Waals surface area contributed by atoms with Gasteiger partial charge in [0.1, 0.15) is 0 Å². The lowest BCUT2D eigenvalue weighted by Crippen LogP contribution is -2.40. The maximum absolute atomic E-state index is 12.1. The summed E-state index contributed by atoms with van der Waals surface area (Å²) in [6.45, 7) is 2.24. The minimum Gasteiger partial charge on any atom is -0.353 e. The van der Waals surface area contributed by atoms with E-state index in [4.69, 9.17) is 0 Å². The molecule has 1 amide bonds. The van der Waals surface area contributed by atoms with Crippen LogP contribution in [-0.4, -0.2) is 11.9 Å². The molecule has 0 spiro atoms. The van der Waals surface area contributed by atoms with E-state index in [-0.39, 0.29) is 0 Å². The number of amides is 1. The standard InChI is InChI=1S/C18H31NO/c1-13(17-12-15-7-9-16(17)11-15)19-18(20)10-8-14-5-3-2-4-6-14/h13-17H,2-12H2,1H3,(H,19,20)/t13-,15-,16-,17-/m1/s1. The van der Waals surface area contributed by atoms with Gasteiger partial charge in [0.2, 0.25) is 5.91 Å². The Labute approximate surface area is 124 Å². The number of hydrogen-bond donors (Lipinski definition) is 1. The predicted octanol–water partition coefficient (Wildman–Crippen LogP) is 4.29. The van der Waals surface area contributed by atoms with E-state index < -0.39 is 0 Å². The molecule has 3 aliphatic carbocycles. The minimum atomic E-state index is 0.311. The van der Waals surface area contributed by atoms with Crippen LogP contribution in [0.15, 0.2) is 0 Å². The van der Waals surface area contributed by atoms with Gasteiger partial charge in [-0.1, -0.05) is 38.5 Å². The number of nitrogens with one attached hydrogen (secondary N) is 1. The Kier molecular flexibility index (Phi) is 4.68. The molecule has 0 aromatic carbocycles. The van der Waals surface area contributed by atoms with Crippen LogP contribution in [-0.2, 0) is 4.79 Å². The highest BCUT2D eigenvalue weighted by atomic mass is 16.1. The lowest BCUT2D eigenvalue weighted by molar-refractivity contribution is -0.122. The van der Waals surface area contributed by atoms with Crippen molar-refractivity contribution in [1.29, 1.82) is 0 Å². The average molecular weight is 277 g/mol. The van der Waals surface area contributed by atoms with Gasteiger partial charge in [0.15, 0.2) is 0 Å².